The van der Waals surface area contributed by atoms with E-state index in [1.807, 2.05) is 42.5 Å². The Balaban J connectivity index is 1.76. The van der Waals surface area contributed by atoms with Crippen molar-refractivity contribution in [2.75, 3.05) is 42.7 Å². The molecule has 4 rings (SSSR count). The van der Waals surface area contributed by atoms with Crippen molar-refractivity contribution in [3.05, 3.63) is 66.9 Å². The van der Waals surface area contributed by atoms with Gasteiger partial charge in [-0.3, -0.25) is 4.72 Å². The van der Waals surface area contributed by atoms with Crippen LogP contribution in [0.4, 0.5) is 11.5 Å². The van der Waals surface area contributed by atoms with E-state index in [1.54, 1.807) is 28.9 Å². The number of benzene rings is 2. The first-order valence-corrected chi connectivity index (χ1v) is 12.3. The van der Waals surface area contributed by atoms with Gasteiger partial charge in [-0.05, 0) is 17.7 Å². The highest BCUT2D eigenvalue weighted by atomic mass is 32.2. The molecule has 2 aromatic carbocycles. The molecule has 0 atom stereocenters. The lowest BCUT2D eigenvalue weighted by Gasteiger charge is -2.12. The smallest absolute Gasteiger partial charge is 0.229 e. The van der Waals surface area contributed by atoms with E-state index in [4.69, 9.17) is 14.8 Å². The number of nitrogens with one attached hydrogen (secondary N) is 2. The molecule has 172 valence electrons. The molecule has 0 aliphatic carbocycles. The maximum absolute atomic E-state index is 11.7. The number of aliphatic hydroxyl groups excluding tert-OH is 1. The Bertz CT molecular complexity index is 1340. The van der Waals surface area contributed by atoms with Crippen molar-refractivity contribution in [3.8, 4) is 22.4 Å². The van der Waals surface area contributed by atoms with Gasteiger partial charge in [0.25, 0.3) is 0 Å². The molecule has 0 spiro atoms. The topological polar surface area (TPSA) is 118 Å². The van der Waals surface area contributed by atoms with Gasteiger partial charge in [-0.2, -0.15) is 9.61 Å². The normalized spacial score (nSPS) is 11.6. The molecule has 4 aromatic rings. The third kappa shape index (κ3) is 5.67. The number of aromatic nitrogens is 3. The number of hydrogen-bond acceptors (Lipinski definition) is 7. The van der Waals surface area contributed by atoms with Crippen LogP contribution < -0.4 is 10.0 Å². The van der Waals surface area contributed by atoms with Gasteiger partial charge in [-0.1, -0.05) is 42.5 Å². The van der Waals surface area contributed by atoms with Crippen LogP contribution >= 0.6 is 0 Å². The van der Waals surface area contributed by atoms with E-state index in [-0.39, 0.29) is 13.2 Å². The van der Waals surface area contributed by atoms with E-state index in [1.165, 1.54) is 0 Å². The zero-order valence-electron chi connectivity index (χ0n) is 18.1. The predicted molar refractivity (Wildman–Crippen MR) is 129 cm³/mol. The van der Waals surface area contributed by atoms with E-state index in [2.05, 4.69) is 15.1 Å². The number of fused-ring (bicyclic) bond motifs is 1. The Labute approximate surface area is 192 Å². The van der Waals surface area contributed by atoms with Crippen LogP contribution in [0.25, 0.3) is 28.0 Å². The predicted octanol–water partition coefficient (Wildman–Crippen LogP) is 2.86. The first-order chi connectivity index (χ1) is 15.9. The molecule has 0 aliphatic rings. The Hall–Kier alpha value is -3.47. The molecule has 0 saturated carbocycles. The molecule has 2 aromatic heterocycles. The largest absolute Gasteiger partial charge is 0.394 e. The van der Waals surface area contributed by atoms with Gasteiger partial charge >= 0.3 is 0 Å². The second kappa shape index (κ2) is 9.99. The highest BCUT2D eigenvalue weighted by Crippen LogP contribution is 2.30. The van der Waals surface area contributed by atoms with Gasteiger partial charge in [0.2, 0.25) is 10.0 Å². The van der Waals surface area contributed by atoms with Crippen molar-refractivity contribution < 1.29 is 18.3 Å². The van der Waals surface area contributed by atoms with Crippen LogP contribution in [-0.4, -0.2) is 60.7 Å². The minimum Gasteiger partial charge on any atom is -0.394 e. The van der Waals surface area contributed by atoms with Gasteiger partial charge in [0.15, 0.2) is 5.65 Å². The summed E-state index contributed by atoms with van der Waals surface area (Å²) >= 11 is 0. The van der Waals surface area contributed by atoms with E-state index < -0.39 is 10.0 Å². The number of sulfonamides is 1. The van der Waals surface area contributed by atoms with Gasteiger partial charge in [0, 0.05) is 29.4 Å². The van der Waals surface area contributed by atoms with Crippen LogP contribution in [0, 0.1) is 0 Å². The molecule has 0 saturated heterocycles. The fourth-order valence-corrected chi connectivity index (χ4v) is 3.99. The number of ether oxygens (including phenoxy) is 1. The standard InChI is InChI=1S/C23H25N5O4S/c1-33(30,31)27-19-9-5-8-18(14-19)20-16-25-28-22(24-10-12-32-13-11-29)15-21(26-23(20)28)17-6-3-2-4-7-17/h2-9,14-16,24,27,29H,10-13H2,1H3. The summed E-state index contributed by atoms with van der Waals surface area (Å²) in [5, 5.41) is 16.7. The van der Waals surface area contributed by atoms with Crippen molar-refractivity contribution >= 4 is 27.2 Å². The molecule has 10 heteroatoms. The molecule has 0 aliphatic heterocycles. The van der Waals surface area contributed by atoms with Crippen LogP contribution in [-0.2, 0) is 14.8 Å². The molecule has 9 nitrogen and oxygen atoms in total. The highest BCUT2D eigenvalue weighted by molar-refractivity contribution is 7.92. The number of nitrogens with zero attached hydrogens (tertiary/aromatic N) is 3. The fraction of sp³-hybridized carbons (Fsp3) is 0.217. The summed E-state index contributed by atoms with van der Waals surface area (Å²) in [7, 11) is -3.40. The summed E-state index contributed by atoms with van der Waals surface area (Å²) in [6.07, 6.45) is 2.83. The summed E-state index contributed by atoms with van der Waals surface area (Å²) in [6.45, 7) is 1.22. The molecule has 3 N–H and O–H groups in total. The SMILES string of the molecule is CS(=O)(=O)Nc1cccc(-c2cnn3c(NCCOCCO)cc(-c4ccccc4)nc23)c1. The van der Waals surface area contributed by atoms with Gasteiger partial charge in [-0.15, -0.1) is 0 Å². The second-order valence-corrected chi connectivity index (χ2v) is 9.15. The van der Waals surface area contributed by atoms with Gasteiger partial charge < -0.3 is 15.2 Å². The first-order valence-electron chi connectivity index (χ1n) is 10.4. The maximum atomic E-state index is 11.7. The Kier molecular flexibility index (Phi) is 6.87. The molecule has 0 amide bonds. The summed E-state index contributed by atoms with van der Waals surface area (Å²) in [5.41, 5.74) is 4.38. The van der Waals surface area contributed by atoms with E-state index in [0.29, 0.717) is 24.5 Å². The zero-order valence-corrected chi connectivity index (χ0v) is 18.9. The third-order valence-electron chi connectivity index (χ3n) is 4.81. The number of anilines is 2. The Morgan fingerprint density at radius 1 is 1.03 bits per heavy atom. The molecule has 0 unspecified atom stereocenters. The molecule has 33 heavy (non-hydrogen) atoms. The highest BCUT2D eigenvalue weighted by Gasteiger charge is 2.15. The van der Waals surface area contributed by atoms with Crippen LogP contribution in [0.3, 0.4) is 0 Å². The van der Waals surface area contributed by atoms with Crippen molar-refractivity contribution in [1.82, 2.24) is 14.6 Å². The first kappa shape index (κ1) is 22.7. The van der Waals surface area contributed by atoms with Gasteiger partial charge in [0.1, 0.15) is 5.82 Å². The summed E-state index contributed by atoms with van der Waals surface area (Å²) in [4.78, 5) is 4.86. The number of hydrogen-bond donors (Lipinski definition) is 3. The van der Waals surface area contributed by atoms with Gasteiger partial charge in [-0.25, -0.2) is 13.4 Å². The molecular weight excluding hydrogens is 442 g/mol. The average Bonchev–Trinajstić information content (AvgIpc) is 3.23. The Morgan fingerprint density at radius 3 is 2.58 bits per heavy atom. The van der Waals surface area contributed by atoms with E-state index in [9.17, 15) is 8.42 Å². The summed E-state index contributed by atoms with van der Waals surface area (Å²) in [6, 6.07) is 18.9. The lowest BCUT2D eigenvalue weighted by atomic mass is 10.1. The molecular formula is C23H25N5O4S. The quantitative estimate of drug-likeness (QED) is 0.307. The van der Waals surface area contributed by atoms with Crippen molar-refractivity contribution in [2.24, 2.45) is 0 Å². The minimum atomic E-state index is -3.40. The van der Waals surface area contributed by atoms with Crippen LogP contribution in [0.15, 0.2) is 66.9 Å². The molecule has 0 bridgehead atoms. The van der Waals surface area contributed by atoms with Crippen molar-refractivity contribution in [1.29, 1.82) is 0 Å². The Morgan fingerprint density at radius 2 is 1.82 bits per heavy atom. The average molecular weight is 468 g/mol. The molecule has 0 fully saturated rings. The van der Waals surface area contributed by atoms with Crippen LogP contribution in [0.2, 0.25) is 0 Å². The lowest BCUT2D eigenvalue weighted by Crippen LogP contribution is -2.14. The lowest BCUT2D eigenvalue weighted by molar-refractivity contribution is 0.0991. The van der Waals surface area contributed by atoms with E-state index in [0.717, 1.165) is 34.5 Å². The monoisotopic (exact) mass is 467 g/mol. The third-order valence-corrected chi connectivity index (χ3v) is 5.41. The van der Waals surface area contributed by atoms with E-state index >= 15 is 0 Å². The van der Waals surface area contributed by atoms with Crippen LogP contribution in [0.1, 0.15) is 0 Å². The van der Waals surface area contributed by atoms with Crippen molar-refractivity contribution in [2.45, 2.75) is 0 Å². The number of rotatable bonds is 10. The van der Waals surface area contributed by atoms with Crippen molar-refractivity contribution in [3.63, 3.8) is 0 Å². The summed E-state index contributed by atoms with van der Waals surface area (Å²) < 4.78 is 32.9. The molecule has 0 radical (unpaired) electrons. The fourth-order valence-electron chi connectivity index (χ4n) is 3.43. The second-order valence-electron chi connectivity index (χ2n) is 7.40. The summed E-state index contributed by atoms with van der Waals surface area (Å²) in [5.74, 6) is 0.739. The van der Waals surface area contributed by atoms with Crippen LogP contribution in [0.5, 0.6) is 0 Å². The molecule has 2 heterocycles. The maximum Gasteiger partial charge on any atom is 0.229 e. The zero-order chi connectivity index (χ0) is 23.3. The number of aliphatic hydroxyl groups is 1. The minimum absolute atomic E-state index is 0.0204. The van der Waals surface area contributed by atoms with Gasteiger partial charge in [0.05, 0.1) is 38.0 Å².